The number of hydrogen-bond acceptors (Lipinski definition) is 4. The Labute approximate surface area is 154 Å². The lowest BCUT2D eigenvalue weighted by atomic mass is 10.0. The van der Waals surface area contributed by atoms with E-state index >= 15 is 0 Å². The molecule has 1 unspecified atom stereocenters. The monoisotopic (exact) mass is 355 g/mol. The van der Waals surface area contributed by atoms with Crippen LogP contribution in [0.2, 0.25) is 0 Å². The summed E-state index contributed by atoms with van der Waals surface area (Å²) < 4.78 is 0. The normalized spacial score (nSPS) is 12.0. The second kappa shape index (κ2) is 9.68. The molecule has 0 fully saturated rings. The van der Waals surface area contributed by atoms with E-state index in [1.807, 2.05) is 18.2 Å². The maximum absolute atomic E-state index is 12.4. The summed E-state index contributed by atoms with van der Waals surface area (Å²) in [5, 5.41) is 13.7. The summed E-state index contributed by atoms with van der Waals surface area (Å²) in [6.45, 7) is 6.55. The third-order valence-corrected chi connectivity index (χ3v) is 4.48. The Morgan fingerprint density at radius 2 is 1.69 bits per heavy atom. The lowest BCUT2D eigenvalue weighted by Gasteiger charge is -2.30. The number of nitrogens with zero attached hydrogens (tertiary/aromatic N) is 2. The van der Waals surface area contributed by atoms with E-state index in [0.29, 0.717) is 12.1 Å². The van der Waals surface area contributed by atoms with Crippen LogP contribution in [0.15, 0.2) is 54.6 Å². The molecule has 1 amide bonds. The van der Waals surface area contributed by atoms with Gasteiger partial charge in [-0.3, -0.25) is 19.8 Å². The number of nitro benzene ring substituents is 1. The Bertz CT molecular complexity index is 713. The van der Waals surface area contributed by atoms with Crippen molar-refractivity contribution in [1.82, 2.24) is 10.2 Å². The second-order valence-electron chi connectivity index (χ2n) is 6.08. The summed E-state index contributed by atoms with van der Waals surface area (Å²) in [4.78, 5) is 24.9. The fraction of sp³-hybridized carbons (Fsp3) is 0.350. The van der Waals surface area contributed by atoms with Crippen molar-refractivity contribution in [2.75, 3.05) is 19.6 Å². The average molecular weight is 355 g/mol. The second-order valence-corrected chi connectivity index (χ2v) is 6.08. The van der Waals surface area contributed by atoms with Gasteiger partial charge in [0.05, 0.1) is 4.92 Å². The highest BCUT2D eigenvalue weighted by Gasteiger charge is 2.18. The molecule has 0 bridgehead atoms. The van der Waals surface area contributed by atoms with Crippen LogP contribution in [0.5, 0.6) is 0 Å². The number of hydrogen-bond donors (Lipinski definition) is 1. The minimum Gasteiger partial charge on any atom is -0.350 e. The average Bonchev–Trinajstić information content (AvgIpc) is 2.67. The molecule has 0 aliphatic heterocycles. The fourth-order valence-corrected chi connectivity index (χ4v) is 3.00. The van der Waals surface area contributed by atoms with Gasteiger partial charge in [-0.2, -0.15) is 0 Å². The van der Waals surface area contributed by atoms with E-state index in [2.05, 4.69) is 36.2 Å². The van der Waals surface area contributed by atoms with Crippen molar-refractivity contribution in [2.24, 2.45) is 0 Å². The molecule has 0 heterocycles. The molecule has 1 N–H and O–H groups in total. The van der Waals surface area contributed by atoms with Gasteiger partial charge in [0.15, 0.2) is 0 Å². The zero-order valence-electron chi connectivity index (χ0n) is 15.2. The van der Waals surface area contributed by atoms with Crippen LogP contribution in [0.3, 0.4) is 0 Å². The summed E-state index contributed by atoms with van der Waals surface area (Å²) in [7, 11) is 0. The number of amides is 1. The molecule has 0 radical (unpaired) electrons. The molecule has 26 heavy (non-hydrogen) atoms. The topological polar surface area (TPSA) is 75.5 Å². The number of non-ortho nitro benzene ring substituents is 1. The molecule has 0 saturated heterocycles. The molecule has 6 nitrogen and oxygen atoms in total. The van der Waals surface area contributed by atoms with Crippen molar-refractivity contribution >= 4 is 11.6 Å². The van der Waals surface area contributed by atoms with Crippen LogP contribution in [0.1, 0.15) is 29.8 Å². The minimum atomic E-state index is -0.474. The van der Waals surface area contributed by atoms with E-state index in [0.717, 1.165) is 19.5 Å². The van der Waals surface area contributed by atoms with E-state index in [-0.39, 0.29) is 17.6 Å². The van der Waals surface area contributed by atoms with Crippen LogP contribution >= 0.6 is 0 Å². The fourth-order valence-electron chi connectivity index (χ4n) is 3.00. The summed E-state index contributed by atoms with van der Waals surface area (Å²) in [6.07, 6.45) is 0.850. The number of carbonyl (C=O) groups is 1. The minimum absolute atomic E-state index is 0.0216. The molecule has 0 aliphatic carbocycles. The highest BCUT2D eigenvalue weighted by molar-refractivity contribution is 5.94. The molecule has 0 aromatic heterocycles. The number of likely N-dealkylation sites (N-methyl/N-ethyl adjacent to an activating group) is 1. The van der Waals surface area contributed by atoms with Crippen molar-refractivity contribution in [2.45, 2.75) is 26.3 Å². The smallest absolute Gasteiger partial charge is 0.269 e. The molecule has 2 aromatic rings. The van der Waals surface area contributed by atoms with Gasteiger partial charge in [0.25, 0.3) is 11.6 Å². The molecule has 0 saturated carbocycles. The quantitative estimate of drug-likeness (QED) is 0.553. The molecular weight excluding hydrogens is 330 g/mol. The highest BCUT2D eigenvalue weighted by atomic mass is 16.6. The zero-order valence-corrected chi connectivity index (χ0v) is 15.2. The van der Waals surface area contributed by atoms with Crippen LogP contribution in [-0.2, 0) is 6.42 Å². The third-order valence-electron chi connectivity index (χ3n) is 4.48. The molecule has 0 spiro atoms. The standard InChI is InChI=1S/C20H25N3O3/c1-3-22(4-2)19(14-16-8-6-5-7-9-16)15-21-20(24)17-10-12-18(13-11-17)23(25)26/h5-13,19H,3-4,14-15H2,1-2H3,(H,21,24). The molecule has 6 heteroatoms. The Hall–Kier alpha value is -2.73. The van der Waals surface area contributed by atoms with Crippen molar-refractivity contribution in [3.8, 4) is 0 Å². The number of carbonyl (C=O) groups excluding carboxylic acids is 1. The van der Waals surface area contributed by atoms with E-state index in [4.69, 9.17) is 0 Å². The lowest BCUT2D eigenvalue weighted by Crippen LogP contribution is -2.45. The van der Waals surface area contributed by atoms with E-state index in [1.165, 1.54) is 29.8 Å². The predicted octanol–water partition coefficient (Wildman–Crippen LogP) is 3.28. The maximum Gasteiger partial charge on any atom is 0.269 e. The van der Waals surface area contributed by atoms with Gasteiger partial charge in [-0.1, -0.05) is 44.2 Å². The van der Waals surface area contributed by atoms with E-state index in [1.54, 1.807) is 0 Å². The third kappa shape index (κ3) is 5.39. The van der Waals surface area contributed by atoms with Crippen molar-refractivity contribution in [3.05, 3.63) is 75.8 Å². The number of rotatable bonds is 9. The van der Waals surface area contributed by atoms with Gasteiger partial charge < -0.3 is 5.32 Å². The highest BCUT2D eigenvalue weighted by Crippen LogP contribution is 2.12. The van der Waals surface area contributed by atoms with Gasteiger partial charge in [-0.05, 0) is 37.2 Å². The van der Waals surface area contributed by atoms with Gasteiger partial charge in [-0.25, -0.2) is 0 Å². The van der Waals surface area contributed by atoms with Gasteiger partial charge in [-0.15, -0.1) is 0 Å². The largest absolute Gasteiger partial charge is 0.350 e. The van der Waals surface area contributed by atoms with Crippen LogP contribution < -0.4 is 5.32 Å². The number of benzene rings is 2. The van der Waals surface area contributed by atoms with Crippen molar-refractivity contribution < 1.29 is 9.72 Å². The Kier molecular flexibility index (Phi) is 7.29. The first kappa shape index (κ1) is 19.6. The van der Waals surface area contributed by atoms with Gasteiger partial charge >= 0.3 is 0 Å². The first-order valence-corrected chi connectivity index (χ1v) is 8.85. The summed E-state index contributed by atoms with van der Waals surface area (Å²) >= 11 is 0. The first-order chi connectivity index (χ1) is 12.5. The molecule has 2 rings (SSSR count). The summed E-state index contributed by atoms with van der Waals surface area (Å²) in [5.74, 6) is -0.217. The van der Waals surface area contributed by atoms with Gasteiger partial charge in [0.2, 0.25) is 0 Å². The number of nitrogens with one attached hydrogen (secondary N) is 1. The SMILES string of the molecule is CCN(CC)C(CNC(=O)c1ccc([N+](=O)[O-])cc1)Cc1ccccc1. The van der Waals surface area contributed by atoms with Crippen LogP contribution in [0.25, 0.3) is 0 Å². The predicted molar refractivity (Wildman–Crippen MR) is 102 cm³/mol. The van der Waals surface area contributed by atoms with E-state index in [9.17, 15) is 14.9 Å². The van der Waals surface area contributed by atoms with Crippen LogP contribution in [0.4, 0.5) is 5.69 Å². The first-order valence-electron chi connectivity index (χ1n) is 8.85. The lowest BCUT2D eigenvalue weighted by molar-refractivity contribution is -0.384. The molecule has 1 atom stereocenters. The van der Waals surface area contributed by atoms with Crippen LogP contribution in [0, 0.1) is 10.1 Å². The molecule has 138 valence electrons. The van der Waals surface area contributed by atoms with Crippen LogP contribution in [-0.4, -0.2) is 41.4 Å². The van der Waals surface area contributed by atoms with Crippen molar-refractivity contribution in [3.63, 3.8) is 0 Å². The Morgan fingerprint density at radius 1 is 1.08 bits per heavy atom. The van der Waals surface area contributed by atoms with Crippen molar-refractivity contribution in [1.29, 1.82) is 0 Å². The maximum atomic E-state index is 12.4. The summed E-state index contributed by atoms with van der Waals surface area (Å²) in [6, 6.07) is 16.1. The molecular formula is C20H25N3O3. The number of nitro groups is 1. The molecule has 0 aliphatic rings. The Balaban J connectivity index is 2.03. The van der Waals surface area contributed by atoms with Gasteiger partial charge in [0.1, 0.15) is 0 Å². The van der Waals surface area contributed by atoms with E-state index < -0.39 is 4.92 Å². The van der Waals surface area contributed by atoms with Gasteiger partial charge in [0, 0.05) is 30.3 Å². The Morgan fingerprint density at radius 3 is 2.23 bits per heavy atom. The summed E-state index contributed by atoms with van der Waals surface area (Å²) in [5.41, 5.74) is 1.63. The molecule has 2 aromatic carbocycles. The zero-order chi connectivity index (χ0) is 18.9.